The molecule has 1 rings (SSSR count). The first-order valence-corrected chi connectivity index (χ1v) is 5.43. The van der Waals surface area contributed by atoms with E-state index >= 15 is 0 Å². The van der Waals surface area contributed by atoms with Crippen molar-refractivity contribution < 1.29 is 10.2 Å². The van der Waals surface area contributed by atoms with Gasteiger partial charge in [-0.05, 0) is 38.0 Å². The van der Waals surface area contributed by atoms with Gasteiger partial charge in [-0.1, -0.05) is 6.08 Å². The van der Waals surface area contributed by atoms with E-state index in [1.54, 1.807) is 6.08 Å². The summed E-state index contributed by atoms with van der Waals surface area (Å²) in [6, 6.07) is 0. The van der Waals surface area contributed by atoms with E-state index in [2.05, 4.69) is 5.32 Å². The zero-order valence-corrected chi connectivity index (χ0v) is 9.61. The summed E-state index contributed by atoms with van der Waals surface area (Å²) in [4.78, 5) is 0. The lowest BCUT2D eigenvalue weighted by Crippen LogP contribution is -2.42. The minimum Gasteiger partial charge on any atom is -0.399 e. The highest BCUT2D eigenvalue weighted by atomic mass is 16.5. The number of rotatable bonds is 5. The Labute approximate surface area is 95.8 Å². The molecule has 5 nitrogen and oxygen atoms in total. The molecule has 0 aromatic carbocycles. The van der Waals surface area contributed by atoms with E-state index in [1.165, 1.54) is 0 Å². The van der Waals surface area contributed by atoms with E-state index in [1.807, 2.05) is 13.1 Å². The summed E-state index contributed by atoms with van der Waals surface area (Å²) in [7, 11) is 1.86. The van der Waals surface area contributed by atoms with Crippen LogP contribution in [0.1, 0.15) is 19.3 Å². The maximum atomic E-state index is 8.85. The third kappa shape index (κ3) is 3.61. The molecule has 0 aromatic heterocycles. The molecule has 0 bridgehead atoms. The molecular formula is C11H21N3O2. The average molecular weight is 227 g/mol. The highest BCUT2D eigenvalue weighted by Gasteiger charge is 2.27. The predicted octanol–water partition coefficient (Wildman–Crippen LogP) is -0.833. The maximum absolute atomic E-state index is 8.85. The zero-order chi connectivity index (χ0) is 12.2. The van der Waals surface area contributed by atoms with Crippen molar-refractivity contribution in [1.29, 1.82) is 0 Å². The normalized spacial score (nSPS) is 25.6. The molecular weight excluding hydrogens is 206 g/mol. The van der Waals surface area contributed by atoms with E-state index in [9.17, 15) is 0 Å². The van der Waals surface area contributed by atoms with Crippen molar-refractivity contribution in [2.75, 3.05) is 13.6 Å². The summed E-state index contributed by atoms with van der Waals surface area (Å²) in [6.07, 6.45) is 3.81. The van der Waals surface area contributed by atoms with Gasteiger partial charge >= 0.3 is 0 Å². The van der Waals surface area contributed by atoms with Gasteiger partial charge in [-0.15, -0.1) is 0 Å². The standard InChI is InChI=1S/C11H21N3O2/c1-14-7-8-6-11(13,4-2-9(8)12)5-3-10(15)16/h2,4,10,14-16H,3,5-7,12-13H2,1H3. The van der Waals surface area contributed by atoms with Crippen LogP contribution in [-0.2, 0) is 0 Å². The first-order chi connectivity index (χ1) is 7.47. The van der Waals surface area contributed by atoms with Gasteiger partial charge in [0.05, 0.1) is 0 Å². The van der Waals surface area contributed by atoms with Crippen LogP contribution >= 0.6 is 0 Å². The average Bonchev–Trinajstić information content (AvgIpc) is 2.22. The lowest BCUT2D eigenvalue weighted by atomic mass is 9.82. The Morgan fingerprint density at radius 2 is 2.25 bits per heavy atom. The molecule has 7 N–H and O–H groups in total. The summed E-state index contributed by atoms with van der Waals surface area (Å²) in [6.45, 7) is 0.705. The van der Waals surface area contributed by atoms with Crippen LogP contribution in [0.4, 0.5) is 0 Å². The van der Waals surface area contributed by atoms with Crippen LogP contribution < -0.4 is 16.8 Å². The van der Waals surface area contributed by atoms with E-state index < -0.39 is 11.8 Å². The molecule has 0 saturated carbocycles. The molecule has 0 heterocycles. The van der Waals surface area contributed by atoms with Crippen LogP contribution in [0, 0.1) is 0 Å². The molecule has 0 saturated heterocycles. The zero-order valence-electron chi connectivity index (χ0n) is 9.61. The molecule has 16 heavy (non-hydrogen) atoms. The largest absolute Gasteiger partial charge is 0.399 e. The summed E-state index contributed by atoms with van der Waals surface area (Å²) in [5.74, 6) is 0. The van der Waals surface area contributed by atoms with Gasteiger partial charge in [0.15, 0.2) is 6.29 Å². The molecule has 1 unspecified atom stereocenters. The van der Waals surface area contributed by atoms with Crippen LogP contribution in [0.25, 0.3) is 0 Å². The number of likely N-dealkylation sites (N-methyl/N-ethyl adjacent to an activating group) is 1. The monoisotopic (exact) mass is 227 g/mol. The van der Waals surface area contributed by atoms with Crippen molar-refractivity contribution in [3.05, 3.63) is 23.4 Å². The molecule has 92 valence electrons. The van der Waals surface area contributed by atoms with Crippen LogP contribution in [0.2, 0.25) is 0 Å². The van der Waals surface area contributed by atoms with Gasteiger partial charge in [-0.2, -0.15) is 0 Å². The molecule has 5 heteroatoms. The lowest BCUT2D eigenvalue weighted by Gasteiger charge is -2.31. The van der Waals surface area contributed by atoms with Crippen molar-refractivity contribution in [1.82, 2.24) is 5.32 Å². The second-order valence-electron chi connectivity index (χ2n) is 4.35. The fraction of sp³-hybridized carbons (Fsp3) is 0.636. The SMILES string of the molecule is CNCC1=C(N)C=CC(N)(CCC(O)O)C1. The molecule has 1 aliphatic rings. The summed E-state index contributed by atoms with van der Waals surface area (Å²) >= 11 is 0. The minimum atomic E-state index is -1.30. The Bertz CT molecular complexity index is 300. The number of hydrogen-bond acceptors (Lipinski definition) is 5. The van der Waals surface area contributed by atoms with Crippen molar-refractivity contribution in [2.45, 2.75) is 31.1 Å². The summed E-state index contributed by atoms with van der Waals surface area (Å²) in [5.41, 5.74) is 13.3. The number of allylic oxidation sites excluding steroid dienone is 1. The smallest absolute Gasteiger partial charge is 0.151 e. The van der Waals surface area contributed by atoms with Crippen molar-refractivity contribution in [3.63, 3.8) is 0 Å². The Balaban J connectivity index is 2.63. The highest BCUT2D eigenvalue weighted by molar-refractivity contribution is 5.33. The molecule has 0 amide bonds. The maximum Gasteiger partial charge on any atom is 0.151 e. The number of hydrogen-bond donors (Lipinski definition) is 5. The Kier molecular flexibility index (Phi) is 4.49. The van der Waals surface area contributed by atoms with E-state index in [4.69, 9.17) is 21.7 Å². The molecule has 0 spiro atoms. The number of nitrogens with two attached hydrogens (primary N) is 2. The first-order valence-electron chi connectivity index (χ1n) is 5.43. The Morgan fingerprint density at radius 1 is 1.56 bits per heavy atom. The molecule has 1 aliphatic carbocycles. The molecule has 0 aromatic rings. The van der Waals surface area contributed by atoms with Crippen molar-refractivity contribution in [3.8, 4) is 0 Å². The highest BCUT2D eigenvalue weighted by Crippen LogP contribution is 2.27. The fourth-order valence-electron chi connectivity index (χ4n) is 1.88. The second kappa shape index (κ2) is 5.45. The summed E-state index contributed by atoms with van der Waals surface area (Å²) < 4.78 is 0. The molecule has 0 fully saturated rings. The number of nitrogens with one attached hydrogen (secondary N) is 1. The van der Waals surface area contributed by atoms with Gasteiger partial charge in [0, 0.05) is 17.8 Å². The third-order valence-electron chi connectivity index (χ3n) is 2.80. The van der Waals surface area contributed by atoms with Crippen molar-refractivity contribution >= 4 is 0 Å². The minimum absolute atomic E-state index is 0.271. The molecule has 0 aliphatic heterocycles. The first kappa shape index (κ1) is 13.2. The van der Waals surface area contributed by atoms with Gasteiger partial charge in [-0.25, -0.2) is 0 Å². The lowest BCUT2D eigenvalue weighted by molar-refractivity contribution is -0.0488. The number of aliphatic hydroxyl groups is 2. The fourth-order valence-corrected chi connectivity index (χ4v) is 1.88. The van der Waals surface area contributed by atoms with Crippen molar-refractivity contribution in [2.24, 2.45) is 11.5 Å². The van der Waals surface area contributed by atoms with Gasteiger partial charge in [0.25, 0.3) is 0 Å². The van der Waals surface area contributed by atoms with Gasteiger partial charge in [0.2, 0.25) is 0 Å². The quantitative estimate of drug-likeness (QED) is 0.394. The van der Waals surface area contributed by atoms with Crippen LogP contribution in [-0.4, -0.2) is 35.6 Å². The second-order valence-corrected chi connectivity index (χ2v) is 4.35. The Morgan fingerprint density at radius 3 is 2.81 bits per heavy atom. The molecule has 0 radical (unpaired) electrons. The predicted molar refractivity (Wildman–Crippen MR) is 63.3 cm³/mol. The van der Waals surface area contributed by atoms with Gasteiger partial charge in [-0.3, -0.25) is 0 Å². The number of aliphatic hydroxyl groups excluding tert-OH is 1. The summed E-state index contributed by atoms with van der Waals surface area (Å²) in [5, 5.41) is 20.7. The van der Waals surface area contributed by atoms with Crippen LogP contribution in [0.5, 0.6) is 0 Å². The van der Waals surface area contributed by atoms with E-state index in [0.29, 0.717) is 19.4 Å². The topological polar surface area (TPSA) is 105 Å². The van der Waals surface area contributed by atoms with E-state index in [0.717, 1.165) is 11.3 Å². The van der Waals surface area contributed by atoms with Gasteiger partial charge in [0.1, 0.15) is 0 Å². The van der Waals surface area contributed by atoms with Crippen LogP contribution in [0.3, 0.4) is 0 Å². The van der Waals surface area contributed by atoms with Crippen LogP contribution in [0.15, 0.2) is 23.4 Å². The van der Waals surface area contributed by atoms with Gasteiger partial charge < -0.3 is 27.0 Å². The molecule has 1 atom stereocenters. The van der Waals surface area contributed by atoms with E-state index in [-0.39, 0.29) is 6.42 Å². The third-order valence-corrected chi connectivity index (χ3v) is 2.80. The Hall–Kier alpha value is -0.880.